The molecular weight excluding hydrogens is 228 g/mol. The van der Waals surface area contributed by atoms with Crippen LogP contribution in [0.15, 0.2) is 0 Å². The molecule has 0 aromatic rings. The first-order valence-corrected chi connectivity index (χ1v) is 6.35. The molecule has 0 bridgehead atoms. The maximum absolute atomic E-state index is 13.6. The molecule has 5 heteroatoms. The van der Waals surface area contributed by atoms with Gasteiger partial charge < -0.3 is 10.0 Å². The number of likely N-dealkylation sites (tertiary alicyclic amines) is 1. The van der Waals surface area contributed by atoms with Crippen molar-refractivity contribution in [1.82, 2.24) is 4.90 Å². The Hall–Kier alpha value is -0.710. The first-order valence-electron chi connectivity index (χ1n) is 6.35. The summed E-state index contributed by atoms with van der Waals surface area (Å²) < 4.78 is 27.3. The number of hydrogen-bond acceptors (Lipinski definition) is 2. The molecule has 0 aromatic carbocycles. The number of unbranched alkanes of at least 4 members (excludes halogenated alkanes) is 2. The lowest BCUT2D eigenvalue weighted by Crippen LogP contribution is -2.49. The Morgan fingerprint density at radius 3 is 2.47 bits per heavy atom. The number of amides is 1. The number of aliphatic hydroxyl groups is 1. The van der Waals surface area contributed by atoms with E-state index in [9.17, 15) is 18.7 Å². The van der Waals surface area contributed by atoms with Crippen LogP contribution in [0.2, 0.25) is 0 Å². The van der Waals surface area contributed by atoms with Crippen LogP contribution < -0.4 is 0 Å². The molecule has 1 fully saturated rings. The van der Waals surface area contributed by atoms with Crippen LogP contribution in [0, 0.1) is 0 Å². The van der Waals surface area contributed by atoms with Gasteiger partial charge in [-0.3, -0.25) is 4.79 Å². The number of halogens is 2. The summed E-state index contributed by atoms with van der Waals surface area (Å²) in [5.74, 6) is -4.84. The first-order chi connectivity index (χ1) is 8.00. The van der Waals surface area contributed by atoms with Crippen LogP contribution in [0.5, 0.6) is 0 Å². The fourth-order valence-electron chi connectivity index (χ4n) is 2.04. The molecule has 0 radical (unpaired) electrons. The molecule has 1 atom stereocenters. The van der Waals surface area contributed by atoms with Crippen LogP contribution in [0.25, 0.3) is 0 Å². The van der Waals surface area contributed by atoms with Crippen molar-refractivity contribution >= 4 is 5.91 Å². The van der Waals surface area contributed by atoms with Gasteiger partial charge in [-0.15, -0.1) is 0 Å². The van der Waals surface area contributed by atoms with E-state index in [1.807, 2.05) is 6.92 Å². The molecule has 1 saturated heterocycles. The molecule has 1 aliphatic heterocycles. The van der Waals surface area contributed by atoms with Gasteiger partial charge in [0.25, 0.3) is 5.91 Å². The van der Waals surface area contributed by atoms with Gasteiger partial charge >= 0.3 is 5.92 Å². The van der Waals surface area contributed by atoms with Gasteiger partial charge in [0.05, 0.1) is 0 Å². The highest BCUT2D eigenvalue weighted by Gasteiger charge is 2.48. The predicted molar refractivity (Wildman–Crippen MR) is 60.9 cm³/mol. The Morgan fingerprint density at radius 1 is 1.35 bits per heavy atom. The third-order valence-corrected chi connectivity index (χ3v) is 3.18. The second-order valence-electron chi connectivity index (χ2n) is 4.63. The van der Waals surface area contributed by atoms with Crippen LogP contribution >= 0.6 is 0 Å². The van der Waals surface area contributed by atoms with Crippen LogP contribution in [-0.2, 0) is 4.79 Å². The van der Waals surface area contributed by atoms with Crippen molar-refractivity contribution in [3.8, 4) is 0 Å². The van der Waals surface area contributed by atoms with E-state index in [4.69, 9.17) is 0 Å². The van der Waals surface area contributed by atoms with E-state index >= 15 is 0 Å². The minimum absolute atomic E-state index is 0.0135. The van der Waals surface area contributed by atoms with Crippen molar-refractivity contribution in [3.05, 3.63) is 0 Å². The van der Waals surface area contributed by atoms with Gasteiger partial charge in [0.15, 0.2) is 0 Å². The Morgan fingerprint density at radius 2 is 1.94 bits per heavy atom. The zero-order chi connectivity index (χ0) is 12.9. The van der Waals surface area contributed by atoms with Crippen LogP contribution in [0.4, 0.5) is 8.78 Å². The van der Waals surface area contributed by atoms with Gasteiger partial charge in [0.1, 0.15) is 6.10 Å². The summed E-state index contributed by atoms with van der Waals surface area (Å²) >= 11 is 0. The maximum atomic E-state index is 13.6. The minimum atomic E-state index is -3.63. The predicted octanol–water partition coefficient (Wildman–Crippen LogP) is 2.19. The number of alkyl halides is 2. The Labute approximate surface area is 101 Å². The summed E-state index contributed by atoms with van der Waals surface area (Å²) in [5.41, 5.74) is 0. The topological polar surface area (TPSA) is 40.5 Å². The van der Waals surface area contributed by atoms with E-state index in [0.29, 0.717) is 19.5 Å². The Kier molecular flexibility index (Phi) is 5.31. The lowest BCUT2D eigenvalue weighted by molar-refractivity contribution is -0.174. The molecule has 17 heavy (non-hydrogen) atoms. The van der Waals surface area contributed by atoms with Crippen molar-refractivity contribution in [3.63, 3.8) is 0 Å². The monoisotopic (exact) mass is 249 g/mol. The SMILES string of the molecule is CCCCCC(O)C(F)(F)C(=O)N1CCCC1. The average Bonchev–Trinajstić information content (AvgIpc) is 2.81. The third-order valence-electron chi connectivity index (χ3n) is 3.18. The molecule has 3 nitrogen and oxygen atoms in total. The fraction of sp³-hybridized carbons (Fsp3) is 0.917. The average molecular weight is 249 g/mol. The van der Waals surface area contributed by atoms with Crippen molar-refractivity contribution in [2.45, 2.75) is 57.5 Å². The van der Waals surface area contributed by atoms with Crippen molar-refractivity contribution in [2.24, 2.45) is 0 Å². The summed E-state index contributed by atoms with van der Waals surface area (Å²) in [6.45, 7) is 2.73. The highest BCUT2D eigenvalue weighted by Crippen LogP contribution is 2.27. The molecule has 1 amide bonds. The third kappa shape index (κ3) is 3.63. The maximum Gasteiger partial charge on any atom is 0.349 e. The summed E-state index contributed by atoms with van der Waals surface area (Å²) in [6.07, 6.45) is 1.91. The second kappa shape index (κ2) is 6.28. The molecule has 1 rings (SSSR count). The summed E-state index contributed by atoms with van der Waals surface area (Å²) in [5, 5.41) is 9.44. The highest BCUT2D eigenvalue weighted by molar-refractivity contribution is 5.84. The summed E-state index contributed by atoms with van der Waals surface area (Å²) in [6, 6.07) is 0. The zero-order valence-corrected chi connectivity index (χ0v) is 10.3. The van der Waals surface area contributed by atoms with E-state index in [1.165, 1.54) is 0 Å². The van der Waals surface area contributed by atoms with Crippen LogP contribution in [-0.4, -0.2) is 41.0 Å². The van der Waals surface area contributed by atoms with Crippen LogP contribution in [0.3, 0.4) is 0 Å². The smallest absolute Gasteiger partial charge is 0.349 e. The number of carbonyl (C=O) groups excluding carboxylic acids is 1. The van der Waals surface area contributed by atoms with E-state index in [1.54, 1.807) is 0 Å². The lowest BCUT2D eigenvalue weighted by atomic mass is 10.0. The van der Waals surface area contributed by atoms with Gasteiger partial charge in [-0.2, -0.15) is 8.78 Å². The lowest BCUT2D eigenvalue weighted by Gasteiger charge is -2.26. The van der Waals surface area contributed by atoms with E-state index in [2.05, 4.69) is 0 Å². The zero-order valence-electron chi connectivity index (χ0n) is 10.3. The largest absolute Gasteiger partial charge is 0.386 e. The summed E-state index contributed by atoms with van der Waals surface area (Å²) in [4.78, 5) is 12.7. The minimum Gasteiger partial charge on any atom is -0.386 e. The molecule has 0 aliphatic carbocycles. The van der Waals surface area contributed by atoms with Gasteiger partial charge in [0.2, 0.25) is 0 Å². The molecule has 0 saturated carbocycles. The van der Waals surface area contributed by atoms with Gasteiger partial charge in [-0.1, -0.05) is 26.2 Å². The molecule has 0 aromatic heterocycles. The van der Waals surface area contributed by atoms with Crippen molar-refractivity contribution in [1.29, 1.82) is 0 Å². The molecule has 100 valence electrons. The molecule has 1 unspecified atom stereocenters. The standard InChI is InChI=1S/C12H21F2NO2/c1-2-3-4-7-10(16)12(13,14)11(17)15-8-5-6-9-15/h10,16H,2-9H2,1H3. The summed E-state index contributed by atoms with van der Waals surface area (Å²) in [7, 11) is 0. The molecule has 0 spiro atoms. The number of carbonyl (C=O) groups is 1. The Balaban J connectivity index is 2.49. The number of hydrogen-bond donors (Lipinski definition) is 1. The first kappa shape index (κ1) is 14.4. The normalized spacial score (nSPS) is 18.5. The van der Waals surface area contributed by atoms with E-state index in [-0.39, 0.29) is 6.42 Å². The second-order valence-corrected chi connectivity index (χ2v) is 4.63. The molecule has 1 N–H and O–H groups in total. The van der Waals surface area contributed by atoms with Crippen LogP contribution in [0.1, 0.15) is 45.4 Å². The van der Waals surface area contributed by atoms with Crippen molar-refractivity contribution < 1.29 is 18.7 Å². The van der Waals surface area contributed by atoms with E-state index in [0.717, 1.165) is 30.6 Å². The quantitative estimate of drug-likeness (QED) is 0.733. The number of aliphatic hydroxyl groups excluding tert-OH is 1. The van der Waals surface area contributed by atoms with Gasteiger partial charge in [-0.05, 0) is 19.3 Å². The highest BCUT2D eigenvalue weighted by atomic mass is 19.3. The Bertz CT molecular complexity index is 253. The number of rotatable bonds is 6. The molecule has 1 heterocycles. The fourth-order valence-corrected chi connectivity index (χ4v) is 2.04. The van der Waals surface area contributed by atoms with Gasteiger partial charge in [0, 0.05) is 13.1 Å². The molecule has 1 aliphatic rings. The number of nitrogens with zero attached hydrogens (tertiary/aromatic N) is 1. The van der Waals surface area contributed by atoms with E-state index < -0.39 is 17.9 Å². The molecular formula is C12H21F2NO2. The van der Waals surface area contributed by atoms with Crippen molar-refractivity contribution in [2.75, 3.05) is 13.1 Å². The van der Waals surface area contributed by atoms with Gasteiger partial charge in [-0.25, -0.2) is 0 Å².